The van der Waals surface area contributed by atoms with Crippen molar-refractivity contribution in [2.45, 2.75) is 6.32 Å². The second kappa shape index (κ2) is 5.52. The van der Waals surface area contributed by atoms with Crippen molar-refractivity contribution in [2.75, 3.05) is 6.61 Å². The van der Waals surface area contributed by atoms with Crippen molar-refractivity contribution in [3.05, 3.63) is 60.7 Å². The van der Waals surface area contributed by atoms with E-state index in [2.05, 4.69) is 24.3 Å². The van der Waals surface area contributed by atoms with Gasteiger partial charge in [-0.1, -0.05) is 71.6 Å². The molecule has 0 spiro atoms. The molecule has 0 aliphatic carbocycles. The average molecular weight is 210 g/mol. The summed E-state index contributed by atoms with van der Waals surface area (Å²) in [6, 6.07) is 20.7. The Morgan fingerprint density at radius 1 is 0.750 bits per heavy atom. The topological polar surface area (TPSA) is 20.2 Å². The minimum Gasteiger partial charge on any atom is -0.397 e. The molecule has 1 N–H and O–H groups in total. The lowest BCUT2D eigenvalue weighted by Gasteiger charge is -2.12. The van der Waals surface area contributed by atoms with Crippen LogP contribution in [0.25, 0.3) is 0 Å². The molecule has 0 radical (unpaired) electrons. The van der Waals surface area contributed by atoms with E-state index in [-0.39, 0.29) is 6.61 Å². The van der Waals surface area contributed by atoms with Crippen LogP contribution < -0.4 is 10.9 Å². The zero-order valence-electron chi connectivity index (χ0n) is 9.21. The Labute approximate surface area is 96.8 Å². The third-order valence-electron chi connectivity index (χ3n) is 2.82. The van der Waals surface area contributed by atoms with Crippen molar-refractivity contribution >= 4 is 17.6 Å². The Morgan fingerprint density at radius 2 is 1.19 bits per heavy atom. The Kier molecular flexibility index (Phi) is 3.78. The Hall–Kier alpha value is -1.54. The van der Waals surface area contributed by atoms with Gasteiger partial charge >= 0.3 is 0 Å². The second-order valence-electron chi connectivity index (χ2n) is 3.89. The summed E-state index contributed by atoms with van der Waals surface area (Å²) >= 11 is 0. The van der Waals surface area contributed by atoms with Crippen LogP contribution in [-0.4, -0.2) is 18.4 Å². The molecule has 80 valence electrons. The van der Waals surface area contributed by atoms with Crippen LogP contribution in [-0.2, 0) is 0 Å². The standard InChI is InChI=1S/C14H15BO/c16-12-11-15(13-7-3-1-4-8-13)14-9-5-2-6-10-14/h1-10,16H,11-12H2. The molecular weight excluding hydrogens is 195 g/mol. The van der Waals surface area contributed by atoms with Crippen LogP contribution in [0.3, 0.4) is 0 Å². The summed E-state index contributed by atoms with van der Waals surface area (Å²) in [5.74, 6) is 0. The highest BCUT2D eigenvalue weighted by atomic mass is 16.2. The molecule has 2 aromatic rings. The van der Waals surface area contributed by atoms with E-state index in [9.17, 15) is 0 Å². The van der Waals surface area contributed by atoms with Crippen LogP contribution in [0, 0.1) is 0 Å². The normalized spacial score (nSPS) is 10.1. The maximum absolute atomic E-state index is 9.16. The molecule has 0 saturated carbocycles. The quantitative estimate of drug-likeness (QED) is 0.754. The molecule has 0 atom stereocenters. The van der Waals surface area contributed by atoms with Crippen molar-refractivity contribution < 1.29 is 5.11 Å². The van der Waals surface area contributed by atoms with Gasteiger partial charge in [-0.3, -0.25) is 0 Å². The highest BCUT2D eigenvalue weighted by Crippen LogP contribution is 1.97. The van der Waals surface area contributed by atoms with Gasteiger partial charge < -0.3 is 5.11 Å². The van der Waals surface area contributed by atoms with Gasteiger partial charge in [-0.25, -0.2) is 0 Å². The molecule has 16 heavy (non-hydrogen) atoms. The first-order valence-electron chi connectivity index (χ1n) is 5.62. The zero-order chi connectivity index (χ0) is 11.2. The first-order chi connectivity index (χ1) is 7.92. The van der Waals surface area contributed by atoms with Crippen molar-refractivity contribution in [3.63, 3.8) is 0 Å². The third kappa shape index (κ3) is 2.53. The fraction of sp³-hybridized carbons (Fsp3) is 0.143. The van der Waals surface area contributed by atoms with Crippen molar-refractivity contribution in [3.8, 4) is 0 Å². The van der Waals surface area contributed by atoms with E-state index in [0.29, 0.717) is 6.71 Å². The van der Waals surface area contributed by atoms with Crippen molar-refractivity contribution in [1.82, 2.24) is 0 Å². The molecule has 0 amide bonds. The molecule has 2 aromatic carbocycles. The van der Waals surface area contributed by atoms with E-state index in [4.69, 9.17) is 5.11 Å². The van der Waals surface area contributed by atoms with Gasteiger partial charge in [0.1, 0.15) is 0 Å². The molecule has 0 aliphatic heterocycles. The molecule has 0 bridgehead atoms. The Balaban J connectivity index is 2.31. The average Bonchev–Trinajstić information content (AvgIpc) is 2.38. The van der Waals surface area contributed by atoms with Crippen LogP contribution in [0.5, 0.6) is 0 Å². The van der Waals surface area contributed by atoms with E-state index in [1.54, 1.807) is 0 Å². The zero-order valence-corrected chi connectivity index (χ0v) is 9.21. The molecule has 0 heterocycles. The summed E-state index contributed by atoms with van der Waals surface area (Å²) in [6.45, 7) is 0.515. The van der Waals surface area contributed by atoms with Gasteiger partial charge in [-0.15, -0.1) is 0 Å². The molecule has 2 rings (SSSR count). The molecule has 0 unspecified atom stereocenters. The Bertz CT molecular complexity index is 374. The Morgan fingerprint density at radius 3 is 1.56 bits per heavy atom. The van der Waals surface area contributed by atoms with E-state index < -0.39 is 0 Å². The molecule has 1 nitrogen and oxygen atoms in total. The van der Waals surface area contributed by atoms with E-state index in [0.717, 1.165) is 6.32 Å². The minimum atomic E-state index is 0.217. The lowest BCUT2D eigenvalue weighted by molar-refractivity contribution is 0.318. The van der Waals surface area contributed by atoms with Crippen LogP contribution in [0.1, 0.15) is 0 Å². The number of rotatable bonds is 4. The summed E-state index contributed by atoms with van der Waals surface area (Å²) in [5, 5.41) is 9.16. The van der Waals surface area contributed by atoms with Crippen molar-refractivity contribution in [1.29, 1.82) is 0 Å². The van der Waals surface area contributed by atoms with Gasteiger partial charge in [-0.2, -0.15) is 0 Å². The highest BCUT2D eigenvalue weighted by molar-refractivity contribution is 6.85. The minimum absolute atomic E-state index is 0.217. The largest absolute Gasteiger partial charge is 0.397 e. The predicted octanol–water partition coefficient (Wildman–Crippen LogP) is 1.29. The van der Waals surface area contributed by atoms with Crippen LogP contribution in [0.4, 0.5) is 0 Å². The van der Waals surface area contributed by atoms with Gasteiger partial charge in [0, 0.05) is 6.61 Å². The first kappa shape index (κ1) is 11.0. The molecular formula is C14H15BO. The number of benzene rings is 2. The summed E-state index contributed by atoms with van der Waals surface area (Å²) in [7, 11) is 0. The van der Waals surface area contributed by atoms with Gasteiger partial charge in [0.05, 0.1) is 0 Å². The molecule has 0 fully saturated rings. The molecule has 2 heteroatoms. The van der Waals surface area contributed by atoms with Gasteiger partial charge in [0.25, 0.3) is 0 Å². The smallest absolute Gasteiger partial charge is 0.211 e. The summed E-state index contributed by atoms with van der Waals surface area (Å²) in [6.07, 6.45) is 0.772. The number of aliphatic hydroxyl groups is 1. The van der Waals surface area contributed by atoms with Gasteiger partial charge in [-0.05, 0) is 6.32 Å². The lowest BCUT2D eigenvalue weighted by Crippen LogP contribution is -2.42. The highest BCUT2D eigenvalue weighted by Gasteiger charge is 2.17. The maximum atomic E-state index is 9.16. The summed E-state index contributed by atoms with van der Waals surface area (Å²) < 4.78 is 0. The SMILES string of the molecule is OCCB(c1ccccc1)c1ccccc1. The molecule has 0 aliphatic rings. The fourth-order valence-corrected chi connectivity index (χ4v) is 2.03. The number of hydrogen-bond acceptors (Lipinski definition) is 1. The predicted molar refractivity (Wildman–Crippen MR) is 69.8 cm³/mol. The third-order valence-corrected chi connectivity index (χ3v) is 2.82. The number of aliphatic hydroxyl groups excluding tert-OH is 1. The van der Waals surface area contributed by atoms with Crippen LogP contribution in [0.15, 0.2) is 60.7 Å². The molecule has 0 saturated heterocycles. The van der Waals surface area contributed by atoms with Gasteiger partial charge in [0.2, 0.25) is 6.71 Å². The second-order valence-corrected chi connectivity index (χ2v) is 3.89. The first-order valence-corrected chi connectivity index (χ1v) is 5.62. The summed E-state index contributed by atoms with van der Waals surface area (Å²) in [4.78, 5) is 0. The summed E-state index contributed by atoms with van der Waals surface area (Å²) in [5.41, 5.74) is 2.53. The molecule has 0 aromatic heterocycles. The maximum Gasteiger partial charge on any atom is 0.211 e. The lowest BCUT2D eigenvalue weighted by atomic mass is 9.39. The van der Waals surface area contributed by atoms with E-state index in [1.165, 1.54) is 10.9 Å². The van der Waals surface area contributed by atoms with Crippen LogP contribution >= 0.6 is 0 Å². The monoisotopic (exact) mass is 210 g/mol. The van der Waals surface area contributed by atoms with Crippen LogP contribution in [0.2, 0.25) is 6.32 Å². The number of hydrogen-bond donors (Lipinski definition) is 1. The van der Waals surface area contributed by atoms with E-state index >= 15 is 0 Å². The van der Waals surface area contributed by atoms with Gasteiger partial charge in [0.15, 0.2) is 0 Å². The fourth-order valence-electron chi connectivity index (χ4n) is 2.03. The van der Waals surface area contributed by atoms with E-state index in [1.807, 2.05) is 36.4 Å². The van der Waals surface area contributed by atoms with Crippen molar-refractivity contribution in [2.24, 2.45) is 0 Å².